The molecule has 1 fully saturated rings. The second kappa shape index (κ2) is 8.54. The second-order valence-electron chi connectivity index (χ2n) is 7.96. The Morgan fingerprint density at radius 2 is 1.90 bits per heavy atom. The minimum atomic E-state index is -0.576. The van der Waals surface area contributed by atoms with E-state index in [0.717, 1.165) is 0 Å². The van der Waals surface area contributed by atoms with Crippen molar-refractivity contribution < 1.29 is 24.0 Å². The fourth-order valence-electron chi connectivity index (χ4n) is 3.15. The molecule has 1 saturated carbocycles. The van der Waals surface area contributed by atoms with Crippen LogP contribution in [-0.4, -0.2) is 60.7 Å². The first-order valence-electron chi connectivity index (χ1n) is 9.27. The summed E-state index contributed by atoms with van der Waals surface area (Å²) in [4.78, 5) is 37.0. The van der Waals surface area contributed by atoms with Gasteiger partial charge in [-0.25, -0.2) is 4.79 Å². The Balaban J connectivity index is 2.05. The van der Waals surface area contributed by atoms with Crippen LogP contribution < -0.4 is 15.4 Å². The Morgan fingerprint density at radius 3 is 2.38 bits per heavy atom. The highest BCUT2D eigenvalue weighted by molar-refractivity contribution is 5.97. The Kier molecular flexibility index (Phi) is 6.55. The molecule has 2 amide bonds. The van der Waals surface area contributed by atoms with E-state index in [9.17, 15) is 19.7 Å². The SMILES string of the molecule is CNc1c(OC)cc(C(=O)N(C)C2CC(NC(=O)OC(C)(C)C)C2)cc1[N+](=O)[O-]. The Morgan fingerprint density at radius 1 is 1.28 bits per heavy atom. The molecule has 1 aromatic rings. The number of nitro benzene ring substituents is 1. The number of carbonyl (C=O) groups excluding carboxylic acids is 2. The summed E-state index contributed by atoms with van der Waals surface area (Å²) in [7, 11) is 4.57. The molecule has 0 spiro atoms. The molecule has 1 aliphatic carbocycles. The molecule has 0 saturated heterocycles. The molecular weight excluding hydrogens is 380 g/mol. The summed E-state index contributed by atoms with van der Waals surface area (Å²) in [6.07, 6.45) is 0.669. The normalized spacial score (nSPS) is 18.3. The molecule has 0 aliphatic heterocycles. The van der Waals surface area contributed by atoms with Crippen molar-refractivity contribution in [2.45, 2.75) is 51.3 Å². The lowest BCUT2D eigenvalue weighted by Crippen LogP contribution is -2.54. The van der Waals surface area contributed by atoms with Gasteiger partial charge in [-0.1, -0.05) is 0 Å². The summed E-state index contributed by atoms with van der Waals surface area (Å²) in [6.45, 7) is 5.36. The number of carbonyl (C=O) groups is 2. The molecule has 2 N–H and O–H groups in total. The Bertz CT molecular complexity index is 799. The van der Waals surface area contributed by atoms with Gasteiger partial charge < -0.3 is 25.0 Å². The van der Waals surface area contributed by atoms with Crippen LogP contribution in [0.1, 0.15) is 44.0 Å². The van der Waals surface area contributed by atoms with Crippen LogP contribution in [0, 0.1) is 10.1 Å². The highest BCUT2D eigenvalue weighted by Gasteiger charge is 2.36. The van der Waals surface area contributed by atoms with Crippen molar-refractivity contribution in [3.05, 3.63) is 27.8 Å². The first kappa shape index (κ1) is 22.3. The summed E-state index contributed by atoms with van der Waals surface area (Å²) in [6, 6.07) is 2.55. The van der Waals surface area contributed by atoms with Gasteiger partial charge in [-0.2, -0.15) is 0 Å². The van der Waals surface area contributed by atoms with Gasteiger partial charge in [0.2, 0.25) is 0 Å². The number of nitrogens with zero attached hydrogens (tertiary/aromatic N) is 2. The number of hydrogen-bond acceptors (Lipinski definition) is 7. The predicted molar refractivity (Wildman–Crippen MR) is 107 cm³/mol. The summed E-state index contributed by atoms with van der Waals surface area (Å²) in [5.74, 6) is -0.133. The minimum Gasteiger partial charge on any atom is -0.494 e. The maximum Gasteiger partial charge on any atom is 0.407 e. The zero-order chi connectivity index (χ0) is 21.9. The number of hydrogen-bond donors (Lipinski definition) is 2. The van der Waals surface area contributed by atoms with E-state index in [1.165, 1.54) is 24.1 Å². The lowest BCUT2D eigenvalue weighted by molar-refractivity contribution is -0.384. The first-order chi connectivity index (χ1) is 13.5. The first-order valence-corrected chi connectivity index (χ1v) is 9.27. The standard InChI is InChI=1S/C19H28N4O6/c1-19(2,3)29-18(25)21-12-9-13(10-12)22(5)17(24)11-7-14(23(26)27)16(20-4)15(8-11)28-6/h7-8,12-13,20H,9-10H2,1-6H3,(H,21,25). The maximum atomic E-state index is 12.9. The molecule has 0 atom stereocenters. The number of benzene rings is 1. The van der Waals surface area contributed by atoms with Crippen molar-refractivity contribution in [2.75, 3.05) is 26.5 Å². The van der Waals surface area contributed by atoms with Crippen molar-refractivity contribution in [1.82, 2.24) is 10.2 Å². The molecule has 2 rings (SSSR count). The predicted octanol–water partition coefficient (Wildman–Crippen LogP) is 2.77. The molecule has 0 bridgehead atoms. The third kappa shape index (κ3) is 5.27. The number of methoxy groups -OCH3 is 1. The third-order valence-electron chi connectivity index (χ3n) is 4.70. The number of ether oxygens (including phenoxy) is 2. The molecule has 160 valence electrons. The fourth-order valence-corrected chi connectivity index (χ4v) is 3.15. The van der Waals surface area contributed by atoms with Crippen molar-refractivity contribution in [3.8, 4) is 5.75 Å². The molecule has 10 nitrogen and oxygen atoms in total. The fraction of sp³-hybridized carbons (Fsp3) is 0.579. The van der Waals surface area contributed by atoms with E-state index in [2.05, 4.69) is 10.6 Å². The summed E-state index contributed by atoms with van der Waals surface area (Å²) in [5, 5.41) is 16.9. The highest BCUT2D eigenvalue weighted by Crippen LogP contribution is 2.36. The van der Waals surface area contributed by atoms with E-state index in [0.29, 0.717) is 12.8 Å². The van der Waals surface area contributed by atoms with E-state index < -0.39 is 16.6 Å². The third-order valence-corrected chi connectivity index (χ3v) is 4.70. The van der Waals surface area contributed by atoms with Crippen LogP contribution in [-0.2, 0) is 4.74 Å². The van der Waals surface area contributed by atoms with Crippen LogP contribution in [0.15, 0.2) is 12.1 Å². The smallest absolute Gasteiger partial charge is 0.407 e. The highest BCUT2D eigenvalue weighted by atomic mass is 16.6. The quantitative estimate of drug-likeness (QED) is 0.548. The number of rotatable bonds is 6. The van der Waals surface area contributed by atoms with Crippen molar-refractivity contribution in [1.29, 1.82) is 0 Å². The largest absolute Gasteiger partial charge is 0.494 e. The van der Waals surface area contributed by atoms with Crippen LogP contribution in [0.2, 0.25) is 0 Å². The average molecular weight is 408 g/mol. The zero-order valence-electron chi connectivity index (χ0n) is 17.6. The number of nitrogens with one attached hydrogen (secondary N) is 2. The molecule has 29 heavy (non-hydrogen) atoms. The molecule has 0 aromatic heterocycles. The maximum absolute atomic E-state index is 12.9. The number of amides is 2. The van der Waals surface area contributed by atoms with Crippen LogP contribution >= 0.6 is 0 Å². The zero-order valence-corrected chi connectivity index (χ0v) is 17.6. The lowest BCUT2D eigenvalue weighted by Gasteiger charge is -2.41. The van der Waals surface area contributed by atoms with Crippen molar-refractivity contribution >= 4 is 23.4 Å². The van der Waals surface area contributed by atoms with Gasteiger partial charge in [-0.05, 0) is 39.7 Å². The van der Waals surface area contributed by atoms with Gasteiger partial charge in [-0.3, -0.25) is 14.9 Å². The molecule has 0 heterocycles. The monoisotopic (exact) mass is 408 g/mol. The number of anilines is 1. The minimum absolute atomic E-state index is 0.0827. The summed E-state index contributed by atoms with van der Waals surface area (Å²) >= 11 is 0. The van der Waals surface area contributed by atoms with Crippen LogP contribution in [0.25, 0.3) is 0 Å². The van der Waals surface area contributed by atoms with Crippen molar-refractivity contribution in [2.24, 2.45) is 0 Å². The molecule has 0 unspecified atom stereocenters. The Hall–Kier alpha value is -3.04. The van der Waals surface area contributed by atoms with Gasteiger partial charge >= 0.3 is 6.09 Å². The molecule has 0 radical (unpaired) electrons. The molecule has 10 heteroatoms. The lowest BCUT2D eigenvalue weighted by atomic mass is 9.85. The van der Waals surface area contributed by atoms with E-state index in [1.807, 2.05) is 0 Å². The number of alkyl carbamates (subject to hydrolysis) is 1. The molecule has 1 aromatic carbocycles. The van der Waals surface area contributed by atoms with Gasteiger partial charge in [0, 0.05) is 32.2 Å². The van der Waals surface area contributed by atoms with Gasteiger partial charge in [0.1, 0.15) is 11.4 Å². The topological polar surface area (TPSA) is 123 Å². The van der Waals surface area contributed by atoms with E-state index in [4.69, 9.17) is 9.47 Å². The average Bonchev–Trinajstić information content (AvgIpc) is 2.60. The summed E-state index contributed by atoms with van der Waals surface area (Å²) in [5.41, 5.74) is -0.435. The van der Waals surface area contributed by atoms with E-state index in [-0.39, 0.29) is 40.7 Å². The van der Waals surface area contributed by atoms with Gasteiger partial charge in [0.05, 0.1) is 17.6 Å². The van der Waals surface area contributed by atoms with Crippen LogP contribution in [0.4, 0.5) is 16.2 Å². The van der Waals surface area contributed by atoms with Crippen LogP contribution in [0.3, 0.4) is 0 Å². The molecular formula is C19H28N4O6. The van der Waals surface area contributed by atoms with Crippen molar-refractivity contribution in [3.63, 3.8) is 0 Å². The van der Waals surface area contributed by atoms with Gasteiger partial charge in [0.15, 0.2) is 5.69 Å². The van der Waals surface area contributed by atoms with Crippen LogP contribution in [0.5, 0.6) is 5.75 Å². The van der Waals surface area contributed by atoms with Gasteiger partial charge in [0.25, 0.3) is 11.6 Å². The van der Waals surface area contributed by atoms with Gasteiger partial charge in [-0.15, -0.1) is 0 Å². The second-order valence-corrected chi connectivity index (χ2v) is 7.96. The molecule has 1 aliphatic rings. The van der Waals surface area contributed by atoms with E-state index in [1.54, 1.807) is 34.9 Å². The summed E-state index contributed by atoms with van der Waals surface area (Å²) < 4.78 is 10.4. The van der Waals surface area contributed by atoms with E-state index >= 15 is 0 Å². The Labute approximate surface area is 169 Å². The number of nitro groups is 1.